The molecule has 9 aromatic carbocycles. The maximum absolute atomic E-state index is 4.62. The first-order chi connectivity index (χ1) is 31.4. The molecule has 1 aromatic heterocycles. The van der Waals surface area contributed by atoms with Gasteiger partial charge in [0.2, 0.25) is 0 Å². The molecule has 65 heavy (non-hydrogen) atoms. The fourth-order valence-corrected chi connectivity index (χ4v) is 7.22. The first kappa shape index (κ1) is 47.1. The summed E-state index contributed by atoms with van der Waals surface area (Å²) in [5.74, 6) is 0.781. The zero-order chi connectivity index (χ0) is 46.0. The second-order valence-corrected chi connectivity index (χ2v) is 17.4. The van der Waals surface area contributed by atoms with Crippen molar-refractivity contribution in [3.05, 3.63) is 264 Å². The summed E-state index contributed by atoms with van der Waals surface area (Å²) in [7, 11) is 0. The molecule has 0 amide bonds. The van der Waals surface area contributed by atoms with Crippen molar-refractivity contribution in [2.75, 3.05) is 0 Å². The highest BCUT2D eigenvalue weighted by atomic mass is 14.9. The molecule has 0 bridgehead atoms. The molecule has 1 heterocycles. The molecule has 0 saturated heterocycles. The number of hydrogen-bond donors (Lipinski definition) is 0. The third-order valence-electron chi connectivity index (χ3n) is 11.0. The van der Waals surface area contributed by atoms with Gasteiger partial charge in [0, 0.05) is 11.1 Å². The lowest BCUT2D eigenvalue weighted by atomic mass is 9.87. The van der Waals surface area contributed by atoms with E-state index < -0.39 is 0 Å². The fraction of sp³-hybridized carbons (Fsp3) is 0.143. The molecule has 0 N–H and O–H groups in total. The number of benzene rings is 9. The van der Waals surface area contributed by atoms with Crippen molar-refractivity contribution in [1.82, 2.24) is 9.97 Å². The Kier molecular flexibility index (Phi) is 16.9. The normalized spacial score (nSPS) is 10.5. The van der Waals surface area contributed by atoms with E-state index in [1.54, 1.807) is 0 Å². The zero-order valence-electron chi connectivity index (χ0n) is 39.3. The van der Waals surface area contributed by atoms with Gasteiger partial charge in [-0.3, -0.25) is 0 Å². The summed E-state index contributed by atoms with van der Waals surface area (Å²) in [5, 5.41) is 5.33. The molecule has 0 aliphatic carbocycles. The number of aromatic nitrogens is 2. The monoisotopic (exact) mass is 846 g/mol. The third-order valence-corrected chi connectivity index (χ3v) is 11.0. The molecule has 10 aromatic rings. The van der Waals surface area contributed by atoms with Gasteiger partial charge in [0.15, 0.2) is 0 Å². The van der Waals surface area contributed by atoms with Gasteiger partial charge in [0.1, 0.15) is 5.82 Å². The van der Waals surface area contributed by atoms with Crippen molar-refractivity contribution in [1.29, 1.82) is 0 Å². The lowest BCUT2D eigenvalue weighted by Crippen LogP contribution is -2.10. The van der Waals surface area contributed by atoms with Crippen LogP contribution < -0.4 is 0 Å². The van der Waals surface area contributed by atoms with Crippen molar-refractivity contribution in [2.45, 2.75) is 60.8 Å². The molecule has 0 aliphatic rings. The number of aryl methyl sites for hydroxylation is 5. The van der Waals surface area contributed by atoms with Crippen molar-refractivity contribution in [3.63, 3.8) is 0 Å². The average Bonchev–Trinajstić information content (AvgIpc) is 3.33. The van der Waals surface area contributed by atoms with Gasteiger partial charge < -0.3 is 0 Å². The first-order valence-electron chi connectivity index (χ1n) is 22.5. The second-order valence-electron chi connectivity index (χ2n) is 17.4. The maximum Gasteiger partial charge on any atom is 0.126 e. The summed E-state index contributed by atoms with van der Waals surface area (Å²) >= 11 is 0. The molecule has 0 radical (unpaired) electrons. The first-order valence-corrected chi connectivity index (χ1v) is 22.5. The van der Waals surface area contributed by atoms with E-state index in [0.717, 1.165) is 28.3 Å². The molecular formula is C63H62N2. The molecule has 10 rings (SSSR count). The fourth-order valence-electron chi connectivity index (χ4n) is 7.22. The largest absolute Gasteiger partial charge is 0.233 e. The van der Waals surface area contributed by atoms with Gasteiger partial charge in [0.05, 0.1) is 11.4 Å². The Morgan fingerprint density at radius 3 is 1.29 bits per heavy atom. The summed E-state index contributed by atoms with van der Waals surface area (Å²) in [6.45, 7) is 17.1. The molecule has 0 saturated carbocycles. The Bertz CT molecular complexity index is 2950. The Morgan fingerprint density at radius 1 is 0.308 bits per heavy atom. The predicted molar refractivity (Wildman–Crippen MR) is 282 cm³/mol. The zero-order valence-corrected chi connectivity index (χ0v) is 39.3. The Labute approximate surface area is 388 Å². The topological polar surface area (TPSA) is 25.8 Å². The number of hydrogen-bond acceptors (Lipinski definition) is 2. The quantitative estimate of drug-likeness (QED) is 0.177. The van der Waals surface area contributed by atoms with Gasteiger partial charge in [-0.15, -0.1) is 0 Å². The number of rotatable bonds is 3. The van der Waals surface area contributed by atoms with Crippen LogP contribution in [0.2, 0.25) is 0 Å². The predicted octanol–water partition coefficient (Wildman–Crippen LogP) is 17.4. The molecule has 0 atom stereocenters. The van der Waals surface area contributed by atoms with Crippen LogP contribution in [0.3, 0.4) is 0 Å². The van der Waals surface area contributed by atoms with Crippen LogP contribution in [0.4, 0.5) is 0 Å². The van der Waals surface area contributed by atoms with E-state index in [4.69, 9.17) is 0 Å². The summed E-state index contributed by atoms with van der Waals surface area (Å²) in [4.78, 5) is 9.20. The van der Waals surface area contributed by atoms with Crippen LogP contribution in [0.1, 0.15) is 54.4 Å². The SMILES string of the molecule is Cc1ccc(C(C)(C)C)cc1.Cc1ccc2ccccc2c1.Cc1cccc2ccccc12.Cc1ccccc1.Cc1nc(-c2ccccc2)cc(-c2ccc(-c3ccccc3)cc2)n1. The summed E-state index contributed by atoms with van der Waals surface area (Å²) in [6.07, 6.45) is 0. The van der Waals surface area contributed by atoms with Crippen molar-refractivity contribution < 1.29 is 0 Å². The average molecular weight is 847 g/mol. The second kappa shape index (κ2) is 23.3. The Balaban J connectivity index is 0.000000147. The minimum atomic E-state index is 0.285. The molecule has 0 fully saturated rings. The van der Waals surface area contributed by atoms with E-state index in [0.29, 0.717) is 0 Å². The molecule has 0 unspecified atom stereocenters. The highest BCUT2D eigenvalue weighted by Crippen LogP contribution is 2.27. The van der Waals surface area contributed by atoms with Crippen LogP contribution in [-0.4, -0.2) is 9.97 Å². The van der Waals surface area contributed by atoms with E-state index in [1.165, 1.54) is 60.5 Å². The maximum atomic E-state index is 4.62. The summed E-state index contributed by atoms with van der Waals surface area (Å²) in [6, 6.07) is 80.0. The van der Waals surface area contributed by atoms with Crippen LogP contribution in [0.15, 0.2) is 231 Å². The van der Waals surface area contributed by atoms with Gasteiger partial charge in [0.25, 0.3) is 0 Å². The summed E-state index contributed by atoms with van der Waals surface area (Å²) < 4.78 is 0. The van der Waals surface area contributed by atoms with E-state index in [-0.39, 0.29) is 5.41 Å². The minimum absolute atomic E-state index is 0.285. The van der Waals surface area contributed by atoms with E-state index in [1.807, 2.05) is 49.4 Å². The standard InChI is InChI=1S/C23H18N2.2C11H10.C11H16.C7H8/c1-17-24-22(20-10-6-3-7-11-20)16-23(25-17)21-14-12-19(13-15-21)18-8-4-2-5-9-18;1-9-5-4-7-10-6-2-3-8-11(9)10;1-9-6-7-10-4-2-3-5-11(10)8-9;1-9-5-7-10(8-6-9)11(2,3)4;1-7-5-3-2-4-6-7/h2-16H,1H3;2*2-8H,1H3;5-8H,1-4H3;2-6H,1H3. The van der Waals surface area contributed by atoms with E-state index in [9.17, 15) is 0 Å². The van der Waals surface area contributed by atoms with Crippen LogP contribution in [0, 0.1) is 34.6 Å². The third kappa shape index (κ3) is 14.6. The Morgan fingerprint density at radius 2 is 0.738 bits per heavy atom. The number of fused-ring (bicyclic) bond motifs is 2. The van der Waals surface area contributed by atoms with Crippen molar-refractivity contribution in [3.8, 4) is 33.6 Å². The van der Waals surface area contributed by atoms with E-state index >= 15 is 0 Å². The van der Waals surface area contributed by atoms with Crippen LogP contribution >= 0.6 is 0 Å². The molecule has 0 aliphatic heterocycles. The lowest BCUT2D eigenvalue weighted by molar-refractivity contribution is 0.590. The van der Waals surface area contributed by atoms with Crippen LogP contribution in [-0.2, 0) is 5.41 Å². The van der Waals surface area contributed by atoms with Crippen LogP contribution in [0.25, 0.3) is 55.2 Å². The highest BCUT2D eigenvalue weighted by Gasteiger charge is 2.12. The molecule has 2 nitrogen and oxygen atoms in total. The number of nitrogens with zero attached hydrogens (tertiary/aromatic N) is 2. The molecule has 324 valence electrons. The smallest absolute Gasteiger partial charge is 0.126 e. The lowest BCUT2D eigenvalue weighted by Gasteiger charge is -2.18. The van der Waals surface area contributed by atoms with Gasteiger partial charge >= 0.3 is 0 Å². The minimum Gasteiger partial charge on any atom is -0.233 e. The van der Waals surface area contributed by atoms with Gasteiger partial charge in [-0.25, -0.2) is 9.97 Å². The van der Waals surface area contributed by atoms with Crippen LogP contribution in [0.5, 0.6) is 0 Å². The highest BCUT2D eigenvalue weighted by molar-refractivity contribution is 5.85. The van der Waals surface area contributed by atoms with E-state index in [2.05, 4.69) is 246 Å². The van der Waals surface area contributed by atoms with Gasteiger partial charge in [-0.05, 0) is 89.9 Å². The Hall–Kier alpha value is -7.42. The summed E-state index contributed by atoms with van der Waals surface area (Å²) in [5.41, 5.74) is 13.6. The molecular weight excluding hydrogens is 785 g/mol. The van der Waals surface area contributed by atoms with Crippen molar-refractivity contribution >= 4 is 21.5 Å². The molecule has 2 heteroatoms. The van der Waals surface area contributed by atoms with Gasteiger partial charge in [-0.1, -0.05) is 262 Å². The van der Waals surface area contributed by atoms with Gasteiger partial charge in [-0.2, -0.15) is 0 Å². The van der Waals surface area contributed by atoms with Crippen molar-refractivity contribution in [2.24, 2.45) is 0 Å². The molecule has 0 spiro atoms.